The number of piperazine rings is 1. The number of nitrogens with zero attached hydrogens (tertiary/aromatic N) is 3. The third-order valence-electron chi connectivity index (χ3n) is 5.68. The molecule has 2 aliphatic rings. The monoisotopic (exact) mass is 429 g/mol. The normalized spacial score (nSPS) is 20.0. The van der Waals surface area contributed by atoms with Gasteiger partial charge in [0.25, 0.3) is 0 Å². The number of sulfone groups is 1. The minimum absolute atomic E-state index is 0.219. The highest BCUT2D eigenvalue weighted by molar-refractivity contribution is 7.91. The molecule has 1 aromatic carbocycles. The summed E-state index contributed by atoms with van der Waals surface area (Å²) in [5.41, 5.74) is 0.882. The summed E-state index contributed by atoms with van der Waals surface area (Å²) in [5, 5.41) is 0. The molecule has 3 rings (SSSR count). The molecule has 6 nitrogen and oxygen atoms in total. The van der Waals surface area contributed by atoms with Crippen LogP contribution in [0.25, 0.3) is 0 Å². The van der Waals surface area contributed by atoms with Gasteiger partial charge in [-0.3, -0.25) is 14.6 Å². The van der Waals surface area contributed by atoms with Gasteiger partial charge in [0.05, 0.1) is 11.4 Å². The molecule has 0 aromatic heterocycles. The van der Waals surface area contributed by atoms with E-state index in [-0.39, 0.29) is 10.8 Å². The molecular formula is C20H29F2N3O3S. The van der Waals surface area contributed by atoms with Gasteiger partial charge >= 0.3 is 5.76 Å². The third kappa shape index (κ3) is 5.96. The molecule has 162 valence electrons. The highest BCUT2D eigenvalue weighted by atomic mass is 32.2. The molecule has 0 N–H and O–H groups in total. The summed E-state index contributed by atoms with van der Waals surface area (Å²) in [4.78, 5) is 18.6. The maximum atomic E-state index is 12.6. The minimum Gasteiger partial charge on any atom is -0.342 e. The molecule has 1 amide bonds. The molecule has 2 heterocycles. The van der Waals surface area contributed by atoms with Crippen LogP contribution in [0.1, 0.15) is 31.2 Å². The second kappa shape index (κ2) is 9.95. The van der Waals surface area contributed by atoms with E-state index in [1.54, 1.807) is 12.1 Å². The quantitative estimate of drug-likeness (QED) is 0.694. The van der Waals surface area contributed by atoms with E-state index in [2.05, 4.69) is 9.80 Å². The Morgan fingerprint density at radius 3 is 1.97 bits per heavy atom. The van der Waals surface area contributed by atoms with Gasteiger partial charge in [-0.05, 0) is 30.5 Å². The Bertz CT molecular complexity index is 771. The summed E-state index contributed by atoms with van der Waals surface area (Å²) in [7, 11) is -4.55. The summed E-state index contributed by atoms with van der Waals surface area (Å²) < 4.78 is 48.2. The molecule has 0 bridgehead atoms. The molecule has 1 aromatic rings. The van der Waals surface area contributed by atoms with Crippen LogP contribution in [0, 0.1) is 0 Å². The Morgan fingerprint density at radius 1 is 0.862 bits per heavy atom. The third-order valence-corrected chi connectivity index (χ3v) is 7.07. The number of halogens is 2. The standard InChI is InChI=1S/C20H29F2N3O3S/c21-20(22)29(27,28)18-7-5-17(6-8-18)15-23-11-13-24(14-12-23)16-19(26)25-9-3-1-2-4-10-25/h5-8,20H,1-4,9-16H2. The number of likely N-dealkylation sites (tertiary alicyclic amines) is 1. The summed E-state index contributed by atoms with van der Waals surface area (Å²) >= 11 is 0. The van der Waals surface area contributed by atoms with Crippen molar-refractivity contribution in [1.82, 2.24) is 14.7 Å². The Morgan fingerprint density at radius 2 is 1.41 bits per heavy atom. The van der Waals surface area contributed by atoms with Gasteiger partial charge in [0.15, 0.2) is 0 Å². The molecule has 0 radical (unpaired) electrons. The van der Waals surface area contributed by atoms with Crippen LogP contribution in [0.4, 0.5) is 8.78 Å². The van der Waals surface area contributed by atoms with Gasteiger partial charge in [-0.15, -0.1) is 0 Å². The zero-order valence-electron chi connectivity index (χ0n) is 16.6. The molecule has 2 saturated heterocycles. The summed E-state index contributed by atoms with van der Waals surface area (Å²) in [6.07, 6.45) is 4.60. The van der Waals surface area contributed by atoms with E-state index in [1.807, 2.05) is 4.90 Å². The van der Waals surface area contributed by atoms with Crippen molar-refractivity contribution in [3.8, 4) is 0 Å². The van der Waals surface area contributed by atoms with Crippen LogP contribution in [0.3, 0.4) is 0 Å². The Labute approximate surface area is 171 Å². The van der Waals surface area contributed by atoms with Crippen LogP contribution in [-0.2, 0) is 21.2 Å². The second-order valence-corrected chi connectivity index (χ2v) is 9.71. The fourth-order valence-electron chi connectivity index (χ4n) is 3.86. The number of hydrogen-bond donors (Lipinski definition) is 0. The lowest BCUT2D eigenvalue weighted by Gasteiger charge is -2.35. The smallest absolute Gasteiger partial charge is 0.341 e. The van der Waals surface area contributed by atoms with Crippen molar-refractivity contribution in [1.29, 1.82) is 0 Å². The first-order valence-electron chi connectivity index (χ1n) is 10.2. The van der Waals surface area contributed by atoms with E-state index in [4.69, 9.17) is 0 Å². The number of alkyl halides is 2. The Hall–Kier alpha value is -1.58. The molecule has 2 fully saturated rings. The van der Waals surface area contributed by atoms with E-state index in [9.17, 15) is 22.0 Å². The van der Waals surface area contributed by atoms with Gasteiger partial charge in [0.1, 0.15) is 0 Å². The van der Waals surface area contributed by atoms with Gasteiger partial charge < -0.3 is 4.90 Å². The molecule has 0 atom stereocenters. The molecule has 0 saturated carbocycles. The first-order chi connectivity index (χ1) is 13.9. The van der Waals surface area contributed by atoms with E-state index < -0.39 is 15.6 Å². The van der Waals surface area contributed by atoms with E-state index >= 15 is 0 Å². The number of amides is 1. The molecular weight excluding hydrogens is 400 g/mol. The number of benzene rings is 1. The van der Waals surface area contributed by atoms with Gasteiger partial charge in [0.2, 0.25) is 15.7 Å². The van der Waals surface area contributed by atoms with Gasteiger partial charge in [-0.1, -0.05) is 25.0 Å². The van der Waals surface area contributed by atoms with Crippen molar-refractivity contribution in [3.63, 3.8) is 0 Å². The number of hydrogen-bond acceptors (Lipinski definition) is 5. The average Bonchev–Trinajstić information content (AvgIpc) is 2.99. The Balaban J connectivity index is 1.45. The summed E-state index contributed by atoms with van der Waals surface area (Å²) in [6.45, 7) is 6.06. The van der Waals surface area contributed by atoms with Gasteiger partial charge in [0, 0.05) is 45.8 Å². The number of carbonyl (C=O) groups excluding carboxylic acids is 1. The van der Waals surface area contributed by atoms with Crippen LogP contribution in [0.2, 0.25) is 0 Å². The predicted octanol–water partition coefficient (Wildman–Crippen LogP) is 2.20. The fraction of sp³-hybridized carbons (Fsp3) is 0.650. The van der Waals surface area contributed by atoms with E-state index in [0.29, 0.717) is 13.1 Å². The molecule has 2 aliphatic heterocycles. The molecule has 0 spiro atoms. The van der Waals surface area contributed by atoms with Crippen LogP contribution >= 0.6 is 0 Å². The van der Waals surface area contributed by atoms with Gasteiger partial charge in [-0.2, -0.15) is 8.78 Å². The van der Waals surface area contributed by atoms with Crippen molar-refractivity contribution in [2.45, 2.75) is 42.9 Å². The van der Waals surface area contributed by atoms with Crippen molar-refractivity contribution >= 4 is 15.7 Å². The average molecular weight is 430 g/mol. The molecule has 0 aliphatic carbocycles. The lowest BCUT2D eigenvalue weighted by molar-refractivity contribution is -0.132. The van der Waals surface area contributed by atoms with Crippen LogP contribution in [0.15, 0.2) is 29.2 Å². The van der Waals surface area contributed by atoms with Crippen LogP contribution in [0.5, 0.6) is 0 Å². The van der Waals surface area contributed by atoms with E-state index in [1.165, 1.54) is 25.0 Å². The summed E-state index contributed by atoms with van der Waals surface area (Å²) in [6, 6.07) is 5.66. The van der Waals surface area contributed by atoms with Crippen molar-refractivity contribution < 1.29 is 22.0 Å². The highest BCUT2D eigenvalue weighted by Crippen LogP contribution is 2.19. The zero-order chi connectivity index (χ0) is 20.9. The number of carbonyl (C=O) groups is 1. The van der Waals surface area contributed by atoms with Crippen LogP contribution < -0.4 is 0 Å². The largest absolute Gasteiger partial charge is 0.342 e. The molecule has 29 heavy (non-hydrogen) atoms. The fourth-order valence-corrected chi connectivity index (χ4v) is 4.58. The summed E-state index contributed by atoms with van der Waals surface area (Å²) in [5.74, 6) is -3.19. The molecule has 9 heteroatoms. The zero-order valence-corrected chi connectivity index (χ0v) is 17.4. The van der Waals surface area contributed by atoms with Crippen LogP contribution in [-0.4, -0.2) is 80.6 Å². The predicted molar refractivity (Wildman–Crippen MR) is 106 cm³/mol. The van der Waals surface area contributed by atoms with Crippen molar-refractivity contribution in [2.75, 3.05) is 45.8 Å². The Kier molecular flexibility index (Phi) is 7.59. The van der Waals surface area contributed by atoms with Crippen molar-refractivity contribution in [3.05, 3.63) is 29.8 Å². The number of rotatable bonds is 6. The van der Waals surface area contributed by atoms with E-state index in [0.717, 1.165) is 57.7 Å². The molecule has 0 unspecified atom stereocenters. The van der Waals surface area contributed by atoms with Crippen molar-refractivity contribution in [2.24, 2.45) is 0 Å². The first kappa shape index (κ1) is 22.1. The maximum absolute atomic E-state index is 12.6. The lowest BCUT2D eigenvalue weighted by Crippen LogP contribution is -2.49. The maximum Gasteiger partial charge on any atom is 0.341 e. The highest BCUT2D eigenvalue weighted by Gasteiger charge is 2.26. The first-order valence-corrected chi connectivity index (χ1v) is 11.7. The van der Waals surface area contributed by atoms with Gasteiger partial charge in [-0.25, -0.2) is 8.42 Å². The SMILES string of the molecule is O=C(CN1CCN(Cc2ccc(S(=O)(=O)C(F)F)cc2)CC1)N1CCCCCC1. The second-order valence-electron chi connectivity index (χ2n) is 7.80. The minimum atomic E-state index is -4.55. The lowest BCUT2D eigenvalue weighted by atomic mass is 10.2. The topological polar surface area (TPSA) is 60.9 Å².